The van der Waals surface area contributed by atoms with Crippen molar-refractivity contribution in [2.24, 2.45) is 10.8 Å². The average Bonchev–Trinajstić information content (AvgIpc) is 2.77. The van der Waals surface area contributed by atoms with E-state index in [0.29, 0.717) is 6.42 Å². The Morgan fingerprint density at radius 2 is 1.77 bits per heavy atom. The third kappa shape index (κ3) is 3.66. The second-order valence-corrected chi connectivity index (χ2v) is 9.90. The van der Waals surface area contributed by atoms with Crippen LogP contribution >= 0.6 is 11.8 Å². The molecule has 0 aromatic heterocycles. The number of ketones is 1. The van der Waals surface area contributed by atoms with Gasteiger partial charge >= 0.3 is 5.97 Å². The molecule has 0 heterocycles. The predicted octanol–water partition coefficient (Wildman–Crippen LogP) is 5.26. The number of thioether (sulfide) groups is 1. The zero-order valence-corrected chi connectivity index (χ0v) is 16.9. The van der Waals surface area contributed by atoms with Crippen LogP contribution in [0.25, 0.3) is 10.8 Å². The van der Waals surface area contributed by atoms with Crippen LogP contribution in [-0.2, 0) is 14.3 Å². The van der Waals surface area contributed by atoms with Crippen molar-refractivity contribution in [1.82, 2.24) is 0 Å². The topological polar surface area (TPSA) is 43.4 Å². The molecule has 138 valence electrons. The molecule has 1 aliphatic rings. The standard InChI is InChI=1S/C22H26O3S/c1-21(2,3)20(24)25-19-17(13-18(23)22(19,4)5)26-16-11-10-14-8-6-7-9-15(14)12-16/h6-12,17,19H,13H2,1-5H3/t17-,19-/m0/s1. The van der Waals surface area contributed by atoms with E-state index in [1.807, 2.05) is 46.8 Å². The van der Waals surface area contributed by atoms with Crippen molar-refractivity contribution in [3.63, 3.8) is 0 Å². The van der Waals surface area contributed by atoms with Crippen molar-refractivity contribution in [1.29, 1.82) is 0 Å². The van der Waals surface area contributed by atoms with Gasteiger partial charge in [0.05, 0.1) is 16.1 Å². The minimum Gasteiger partial charge on any atom is -0.460 e. The van der Waals surface area contributed by atoms with Gasteiger partial charge in [-0.3, -0.25) is 9.59 Å². The first-order chi connectivity index (χ1) is 12.1. The van der Waals surface area contributed by atoms with E-state index in [-0.39, 0.29) is 17.0 Å². The highest BCUT2D eigenvalue weighted by atomic mass is 32.2. The number of esters is 1. The van der Waals surface area contributed by atoms with Crippen LogP contribution in [0.4, 0.5) is 0 Å². The summed E-state index contributed by atoms with van der Waals surface area (Å²) in [5.74, 6) is -0.100. The average molecular weight is 371 g/mol. The highest BCUT2D eigenvalue weighted by molar-refractivity contribution is 8.00. The first-order valence-corrected chi connectivity index (χ1v) is 9.87. The molecule has 1 aliphatic carbocycles. The molecule has 0 unspecified atom stereocenters. The summed E-state index contributed by atoms with van der Waals surface area (Å²) in [5, 5.41) is 2.30. The molecule has 0 aliphatic heterocycles. The first-order valence-electron chi connectivity index (χ1n) is 8.99. The minimum atomic E-state index is -0.657. The molecular weight excluding hydrogens is 344 g/mol. The Kier molecular flexibility index (Phi) is 4.91. The molecule has 0 amide bonds. The van der Waals surface area contributed by atoms with Crippen molar-refractivity contribution in [2.75, 3.05) is 0 Å². The second kappa shape index (κ2) is 6.73. The zero-order valence-electron chi connectivity index (χ0n) is 16.0. The maximum Gasteiger partial charge on any atom is 0.311 e. The molecule has 2 aromatic rings. The Morgan fingerprint density at radius 1 is 1.12 bits per heavy atom. The van der Waals surface area contributed by atoms with Crippen LogP contribution in [0.3, 0.4) is 0 Å². The van der Waals surface area contributed by atoms with E-state index >= 15 is 0 Å². The summed E-state index contributed by atoms with van der Waals surface area (Å²) in [6, 6.07) is 14.5. The van der Waals surface area contributed by atoms with Crippen molar-refractivity contribution in [2.45, 2.75) is 57.3 Å². The van der Waals surface area contributed by atoms with Gasteiger partial charge in [-0.25, -0.2) is 0 Å². The van der Waals surface area contributed by atoms with Crippen LogP contribution in [0.5, 0.6) is 0 Å². The fourth-order valence-corrected chi connectivity index (χ4v) is 4.66. The van der Waals surface area contributed by atoms with Crippen LogP contribution in [-0.4, -0.2) is 23.1 Å². The lowest BCUT2D eigenvalue weighted by Crippen LogP contribution is -2.40. The summed E-state index contributed by atoms with van der Waals surface area (Å²) in [6.07, 6.45) is 0.00486. The lowest BCUT2D eigenvalue weighted by molar-refractivity contribution is -0.163. The largest absolute Gasteiger partial charge is 0.460 e. The molecule has 2 atom stereocenters. The number of carbonyl (C=O) groups excluding carboxylic acids is 2. The highest BCUT2D eigenvalue weighted by Crippen LogP contribution is 2.45. The van der Waals surface area contributed by atoms with Crippen molar-refractivity contribution in [3.8, 4) is 0 Å². The molecule has 0 radical (unpaired) electrons. The number of hydrogen-bond acceptors (Lipinski definition) is 4. The first kappa shape index (κ1) is 19.0. The Balaban J connectivity index is 1.86. The molecule has 4 heteroatoms. The maximum atomic E-state index is 12.5. The summed E-state index contributed by atoms with van der Waals surface area (Å²) in [7, 11) is 0. The molecule has 3 rings (SSSR count). The van der Waals surface area contributed by atoms with Crippen LogP contribution in [0.15, 0.2) is 47.4 Å². The molecule has 0 bridgehead atoms. The normalized spacial score (nSPS) is 22.6. The van der Waals surface area contributed by atoms with Gasteiger partial charge in [0.2, 0.25) is 0 Å². The van der Waals surface area contributed by atoms with Gasteiger partial charge in [0.15, 0.2) is 0 Å². The second-order valence-electron chi connectivity index (χ2n) is 8.59. The monoisotopic (exact) mass is 370 g/mol. The zero-order chi connectivity index (χ0) is 19.1. The smallest absolute Gasteiger partial charge is 0.311 e. The van der Waals surface area contributed by atoms with Gasteiger partial charge in [-0.05, 0) is 57.5 Å². The van der Waals surface area contributed by atoms with E-state index in [4.69, 9.17) is 4.74 Å². The van der Waals surface area contributed by atoms with E-state index in [9.17, 15) is 9.59 Å². The quantitative estimate of drug-likeness (QED) is 0.692. The van der Waals surface area contributed by atoms with Gasteiger partial charge in [0.1, 0.15) is 11.9 Å². The number of fused-ring (bicyclic) bond motifs is 1. The van der Waals surface area contributed by atoms with Crippen LogP contribution < -0.4 is 0 Å². The van der Waals surface area contributed by atoms with Crippen LogP contribution in [0.1, 0.15) is 41.0 Å². The summed E-state index contributed by atoms with van der Waals surface area (Å²) < 4.78 is 5.85. The van der Waals surface area contributed by atoms with Crippen molar-refractivity contribution in [3.05, 3.63) is 42.5 Å². The van der Waals surface area contributed by atoms with Gasteiger partial charge in [-0.2, -0.15) is 0 Å². The van der Waals surface area contributed by atoms with E-state index < -0.39 is 16.9 Å². The number of benzene rings is 2. The van der Waals surface area contributed by atoms with Gasteiger partial charge in [0, 0.05) is 11.3 Å². The molecule has 0 N–H and O–H groups in total. The van der Waals surface area contributed by atoms with Crippen molar-refractivity contribution >= 4 is 34.3 Å². The minimum absolute atomic E-state index is 0.0648. The van der Waals surface area contributed by atoms with Crippen molar-refractivity contribution < 1.29 is 14.3 Å². The summed E-state index contributed by atoms with van der Waals surface area (Å²) >= 11 is 1.63. The molecule has 3 nitrogen and oxygen atoms in total. The van der Waals surface area contributed by atoms with E-state index in [2.05, 4.69) is 30.3 Å². The molecule has 0 saturated heterocycles. The van der Waals surface area contributed by atoms with E-state index in [1.54, 1.807) is 11.8 Å². The summed E-state index contributed by atoms with van der Waals surface area (Å²) in [6.45, 7) is 9.29. The van der Waals surface area contributed by atoms with Gasteiger partial charge in [-0.1, -0.05) is 30.3 Å². The third-order valence-electron chi connectivity index (χ3n) is 5.01. The number of Topliss-reactive ketones (excluding diaryl/α,β-unsaturated/α-hetero) is 1. The highest BCUT2D eigenvalue weighted by Gasteiger charge is 2.52. The number of hydrogen-bond donors (Lipinski definition) is 0. The summed E-state index contributed by atoms with van der Waals surface area (Å²) in [4.78, 5) is 26.1. The lowest BCUT2D eigenvalue weighted by Gasteiger charge is -2.31. The molecular formula is C22H26O3S. The van der Waals surface area contributed by atoms with Gasteiger partial charge < -0.3 is 4.74 Å². The van der Waals surface area contributed by atoms with Gasteiger partial charge in [-0.15, -0.1) is 11.8 Å². The molecule has 1 fully saturated rings. The fourth-order valence-electron chi connectivity index (χ4n) is 3.21. The third-order valence-corrected chi connectivity index (χ3v) is 6.25. The summed E-state index contributed by atoms with van der Waals surface area (Å²) in [5.41, 5.74) is -1.24. The lowest BCUT2D eigenvalue weighted by atomic mass is 9.87. The number of carbonyl (C=O) groups is 2. The van der Waals surface area contributed by atoms with E-state index in [0.717, 1.165) is 4.90 Å². The number of ether oxygens (including phenoxy) is 1. The molecule has 26 heavy (non-hydrogen) atoms. The van der Waals surface area contributed by atoms with Gasteiger partial charge in [0.25, 0.3) is 0 Å². The Hall–Kier alpha value is -1.81. The maximum absolute atomic E-state index is 12.5. The van der Waals surface area contributed by atoms with Crippen LogP contribution in [0, 0.1) is 10.8 Å². The molecule has 2 aromatic carbocycles. The SMILES string of the molecule is CC(C)(C)C(=O)O[C@H]1[C@@H](Sc2ccc3ccccc3c2)CC(=O)C1(C)C. The predicted molar refractivity (Wildman–Crippen MR) is 106 cm³/mol. The Morgan fingerprint density at radius 3 is 2.42 bits per heavy atom. The fraction of sp³-hybridized carbons (Fsp3) is 0.455. The van der Waals surface area contributed by atoms with Crippen LogP contribution in [0.2, 0.25) is 0 Å². The molecule has 1 saturated carbocycles. The number of rotatable bonds is 3. The molecule has 0 spiro atoms. The van der Waals surface area contributed by atoms with E-state index in [1.165, 1.54) is 10.8 Å². The Labute approximate surface area is 159 Å². The Bertz CT molecular complexity index is 848.